The van der Waals surface area contributed by atoms with Gasteiger partial charge in [0.05, 0.1) is 24.1 Å². The Labute approximate surface area is 259 Å². The third-order valence-electron chi connectivity index (χ3n) is 6.96. The second-order valence-electron chi connectivity index (χ2n) is 10.3. The first-order valence-electron chi connectivity index (χ1n) is 14.0. The Hall–Kier alpha value is -5.14. The van der Waals surface area contributed by atoms with Crippen LogP contribution in [0.5, 0.6) is 5.75 Å². The number of sulfone groups is 1. The number of amides is 2. The summed E-state index contributed by atoms with van der Waals surface area (Å²) < 4.78 is 44.4. The van der Waals surface area contributed by atoms with Crippen molar-refractivity contribution in [3.05, 3.63) is 96.4 Å². The van der Waals surface area contributed by atoms with E-state index in [2.05, 4.69) is 15.4 Å². The molecule has 2 aromatic heterocycles. The Balaban J connectivity index is 1.41. The van der Waals surface area contributed by atoms with Crippen LogP contribution in [0, 0.1) is 5.82 Å². The van der Waals surface area contributed by atoms with Crippen molar-refractivity contribution in [2.75, 3.05) is 30.1 Å². The molecule has 0 spiro atoms. The molecule has 232 valence electrons. The van der Waals surface area contributed by atoms with Crippen molar-refractivity contribution in [2.45, 2.75) is 24.2 Å². The number of carbonyl (C=O) groups excluding carboxylic acids is 2. The molecule has 0 aliphatic rings. The van der Waals surface area contributed by atoms with Crippen LogP contribution in [0.2, 0.25) is 0 Å². The van der Waals surface area contributed by atoms with Gasteiger partial charge in [-0.2, -0.15) is 4.98 Å². The summed E-state index contributed by atoms with van der Waals surface area (Å²) in [5.41, 5.74) is 9.38. The molecule has 0 bridgehead atoms. The number of benzene rings is 3. The van der Waals surface area contributed by atoms with Gasteiger partial charge in [-0.25, -0.2) is 22.2 Å². The number of hydrogen-bond donors (Lipinski definition) is 2. The Kier molecular flexibility index (Phi) is 9.21. The van der Waals surface area contributed by atoms with E-state index in [1.165, 1.54) is 42.3 Å². The van der Waals surface area contributed by atoms with Crippen molar-refractivity contribution in [3.63, 3.8) is 0 Å². The van der Waals surface area contributed by atoms with Gasteiger partial charge < -0.3 is 15.8 Å². The largest absolute Gasteiger partial charge is 0.495 e. The monoisotopic (exact) mass is 630 g/mol. The summed E-state index contributed by atoms with van der Waals surface area (Å²) in [6.07, 6.45) is 3.51. The first kappa shape index (κ1) is 31.3. The van der Waals surface area contributed by atoms with Gasteiger partial charge in [0.25, 0.3) is 5.95 Å². The third-order valence-corrected chi connectivity index (χ3v) is 8.07. The molecule has 2 heterocycles. The van der Waals surface area contributed by atoms with E-state index in [0.717, 1.165) is 17.4 Å². The molecule has 0 aliphatic carbocycles. The van der Waals surface area contributed by atoms with Gasteiger partial charge in [0.15, 0.2) is 15.5 Å². The minimum absolute atomic E-state index is 0.0449. The number of nitrogens with zero attached hydrogens (tertiary/aromatic N) is 4. The van der Waals surface area contributed by atoms with Crippen molar-refractivity contribution in [1.82, 2.24) is 14.6 Å². The average Bonchev–Trinajstić information content (AvgIpc) is 3.44. The smallest absolute Gasteiger partial charge is 0.257 e. The summed E-state index contributed by atoms with van der Waals surface area (Å²) in [7, 11) is -2.13. The second-order valence-corrected chi connectivity index (χ2v) is 12.3. The Morgan fingerprint density at radius 1 is 1.00 bits per heavy atom. The first-order valence-corrected chi connectivity index (χ1v) is 15.9. The number of fused-ring (bicyclic) bond motifs is 1. The van der Waals surface area contributed by atoms with E-state index in [9.17, 15) is 22.4 Å². The van der Waals surface area contributed by atoms with Crippen LogP contribution in [0.4, 0.5) is 21.7 Å². The van der Waals surface area contributed by atoms with E-state index in [1.807, 2.05) is 18.2 Å². The van der Waals surface area contributed by atoms with Crippen molar-refractivity contribution in [1.29, 1.82) is 0 Å². The van der Waals surface area contributed by atoms with Crippen LogP contribution in [-0.2, 0) is 25.8 Å². The van der Waals surface area contributed by atoms with Gasteiger partial charge in [-0.3, -0.25) is 9.59 Å². The van der Waals surface area contributed by atoms with Gasteiger partial charge in [0, 0.05) is 36.2 Å². The van der Waals surface area contributed by atoms with Crippen LogP contribution in [0.15, 0.2) is 90.0 Å². The maximum Gasteiger partial charge on any atom is 0.257 e. The molecule has 3 N–H and O–H groups in total. The van der Waals surface area contributed by atoms with Crippen LogP contribution >= 0.6 is 0 Å². The quantitative estimate of drug-likeness (QED) is 0.216. The lowest BCUT2D eigenvalue weighted by atomic mass is 10.1. The van der Waals surface area contributed by atoms with E-state index in [1.54, 1.807) is 41.0 Å². The van der Waals surface area contributed by atoms with Gasteiger partial charge in [-0.05, 0) is 72.6 Å². The fourth-order valence-electron chi connectivity index (χ4n) is 4.67. The fourth-order valence-corrected chi connectivity index (χ4v) is 5.30. The maximum atomic E-state index is 13.4. The summed E-state index contributed by atoms with van der Waals surface area (Å²) in [5.74, 6) is -0.662. The highest BCUT2D eigenvalue weighted by Crippen LogP contribution is 2.35. The molecule has 0 atom stereocenters. The standard InChI is InChI=1S/C32H31FN6O5S/c1-44-28-19-26(45(2,42)43)14-15-27(28)39(31(41)4-3-17-34)32-36-29-16-9-23(20-38(29)37-32)22-7-12-25(13-8-22)35-30(40)18-21-5-10-24(33)11-6-21/h5-16,19-20H,3-4,17-18,34H2,1-2H3,(H,35,40). The van der Waals surface area contributed by atoms with Crippen LogP contribution in [0.3, 0.4) is 0 Å². The summed E-state index contributed by atoms with van der Waals surface area (Å²) in [5, 5.41) is 7.42. The van der Waals surface area contributed by atoms with Crippen molar-refractivity contribution in [3.8, 4) is 16.9 Å². The lowest BCUT2D eigenvalue weighted by molar-refractivity contribution is -0.118. The number of rotatable bonds is 11. The topological polar surface area (TPSA) is 149 Å². The zero-order valence-electron chi connectivity index (χ0n) is 24.6. The van der Waals surface area contributed by atoms with Crippen molar-refractivity contribution < 1.29 is 27.1 Å². The number of nitrogens with one attached hydrogen (secondary N) is 1. The number of carbonyl (C=O) groups is 2. The first-order chi connectivity index (χ1) is 21.5. The fraction of sp³-hybridized carbons (Fsp3) is 0.188. The molecule has 5 aromatic rings. The molecule has 0 saturated carbocycles. The van der Waals surface area contributed by atoms with E-state index >= 15 is 0 Å². The summed E-state index contributed by atoms with van der Waals surface area (Å²) in [6, 6.07) is 20.9. The zero-order chi connectivity index (χ0) is 32.1. The van der Waals surface area contributed by atoms with Gasteiger partial charge in [-0.15, -0.1) is 5.10 Å². The van der Waals surface area contributed by atoms with Gasteiger partial charge >= 0.3 is 0 Å². The van der Waals surface area contributed by atoms with Crippen molar-refractivity contribution >= 4 is 44.6 Å². The minimum Gasteiger partial charge on any atom is -0.495 e. The molecule has 2 amide bonds. The Morgan fingerprint density at radius 3 is 2.38 bits per heavy atom. The van der Waals surface area contributed by atoms with Gasteiger partial charge in [-0.1, -0.05) is 24.3 Å². The molecule has 0 fully saturated rings. The summed E-state index contributed by atoms with van der Waals surface area (Å²) in [6.45, 7) is 0.308. The number of nitrogens with two attached hydrogens (primary N) is 1. The molecule has 11 nitrogen and oxygen atoms in total. The van der Waals surface area contributed by atoms with Crippen LogP contribution < -0.4 is 20.7 Å². The molecule has 0 unspecified atom stereocenters. The predicted molar refractivity (Wildman–Crippen MR) is 169 cm³/mol. The molecule has 0 aliphatic heterocycles. The molecule has 5 rings (SSSR count). The lowest BCUT2D eigenvalue weighted by Gasteiger charge is -2.22. The highest BCUT2D eigenvalue weighted by Gasteiger charge is 2.26. The van der Waals surface area contributed by atoms with Crippen LogP contribution in [0.1, 0.15) is 18.4 Å². The molecular weight excluding hydrogens is 599 g/mol. The van der Waals surface area contributed by atoms with Crippen LogP contribution in [0.25, 0.3) is 16.8 Å². The number of aromatic nitrogens is 3. The van der Waals surface area contributed by atoms with E-state index < -0.39 is 9.84 Å². The molecular formula is C32H31FN6O5S. The number of anilines is 3. The number of methoxy groups -OCH3 is 1. The van der Waals surface area contributed by atoms with Gasteiger partial charge in [0.2, 0.25) is 11.8 Å². The normalized spacial score (nSPS) is 11.4. The maximum absolute atomic E-state index is 13.4. The SMILES string of the molecule is COc1cc(S(C)(=O)=O)ccc1N(C(=O)CCCN)c1nc2ccc(-c3ccc(NC(=O)Cc4ccc(F)cc4)cc3)cn2n1. The molecule has 3 aromatic carbocycles. The number of ether oxygens (including phenoxy) is 1. The Morgan fingerprint density at radius 2 is 1.71 bits per heavy atom. The molecule has 0 saturated heterocycles. The Bertz CT molecular complexity index is 1960. The lowest BCUT2D eigenvalue weighted by Crippen LogP contribution is -2.28. The average molecular weight is 631 g/mol. The van der Waals surface area contributed by atoms with E-state index in [0.29, 0.717) is 35.6 Å². The number of pyridine rings is 1. The minimum atomic E-state index is -3.52. The number of halogens is 1. The van der Waals surface area contributed by atoms with E-state index in [-0.39, 0.29) is 47.1 Å². The third kappa shape index (κ3) is 7.33. The summed E-state index contributed by atoms with van der Waals surface area (Å²) in [4.78, 5) is 31.8. The highest BCUT2D eigenvalue weighted by atomic mass is 32.2. The summed E-state index contributed by atoms with van der Waals surface area (Å²) >= 11 is 0. The second kappa shape index (κ2) is 13.2. The molecule has 45 heavy (non-hydrogen) atoms. The van der Waals surface area contributed by atoms with E-state index in [4.69, 9.17) is 10.5 Å². The molecule has 0 radical (unpaired) electrons. The number of hydrogen-bond acceptors (Lipinski definition) is 8. The predicted octanol–water partition coefficient (Wildman–Crippen LogP) is 4.53. The zero-order valence-corrected chi connectivity index (χ0v) is 25.4. The highest BCUT2D eigenvalue weighted by molar-refractivity contribution is 7.90. The van der Waals surface area contributed by atoms with Gasteiger partial charge in [0.1, 0.15) is 11.6 Å². The van der Waals surface area contributed by atoms with Crippen molar-refractivity contribution in [2.24, 2.45) is 5.73 Å². The molecule has 13 heteroatoms. The van der Waals surface area contributed by atoms with Crippen LogP contribution in [-0.4, -0.2) is 54.7 Å².